The van der Waals surface area contributed by atoms with E-state index in [4.69, 9.17) is 64.2 Å². The predicted molar refractivity (Wildman–Crippen MR) is 489 cm³/mol. The van der Waals surface area contributed by atoms with Gasteiger partial charge in [0.1, 0.15) is 28.7 Å². The molecular weight excluding hydrogens is 1630 g/mol. The average molecular weight is 1710 g/mol. The molecule has 0 aliphatic carbocycles. The number of ether oxygens (including phenoxy) is 5. The molecule has 14 aromatic carbocycles. The first-order valence-corrected chi connectivity index (χ1v) is 40.2. The van der Waals surface area contributed by atoms with E-state index in [9.17, 15) is 38.4 Å². The maximum atomic E-state index is 13.3. The Bertz CT molecular complexity index is 6670. The Balaban J connectivity index is 0.000000128. The molecule has 0 aromatic heterocycles. The monoisotopic (exact) mass is 1710 g/mol. The van der Waals surface area contributed by atoms with Crippen LogP contribution < -0.4 is 60.5 Å². The van der Waals surface area contributed by atoms with E-state index in [2.05, 4.69) is 21.3 Å². The summed E-state index contributed by atoms with van der Waals surface area (Å²) in [5.41, 5.74) is 21.1. The summed E-state index contributed by atoms with van der Waals surface area (Å²) in [5.74, 6) is 4.44. The highest BCUT2D eigenvalue weighted by Gasteiger charge is 2.30. The lowest BCUT2D eigenvalue weighted by molar-refractivity contribution is -0.115. The number of nitrogens with one attached hydrogen (secondary N) is 4. The minimum atomic E-state index is -0.275. The normalized spacial score (nSPS) is 12.5. The van der Waals surface area contributed by atoms with Gasteiger partial charge in [0.15, 0.2) is 40.3 Å². The summed E-state index contributed by atoms with van der Waals surface area (Å²) in [6.45, 7) is 9.80. The molecule has 620 valence electrons. The fraction of sp³-hybridized carbons (Fsp3) is 0.109. The van der Waals surface area contributed by atoms with Crippen LogP contribution in [0.15, 0.2) is 273 Å². The van der Waals surface area contributed by atoms with Crippen molar-refractivity contribution < 1.29 is 62.0 Å². The zero-order valence-corrected chi connectivity index (χ0v) is 69.8. The van der Waals surface area contributed by atoms with Crippen molar-refractivity contribution in [2.24, 2.45) is 0 Å². The molecule has 0 radical (unpaired) electrons. The zero-order valence-electron chi connectivity index (χ0n) is 67.5. The van der Waals surface area contributed by atoms with E-state index in [1.165, 1.54) is 0 Å². The van der Waals surface area contributed by atoms with Crippen LogP contribution >= 0.6 is 34.8 Å². The van der Waals surface area contributed by atoms with Crippen LogP contribution in [0.4, 0.5) is 39.8 Å². The number of aryl methyl sites for hydroxylation is 5. The first kappa shape index (κ1) is 85.6. The lowest BCUT2D eigenvalue weighted by Crippen LogP contribution is -2.25. The predicted octanol–water partition coefficient (Wildman–Crippen LogP) is 24.2. The Morgan fingerprint density at radius 1 is 0.371 bits per heavy atom. The number of nitrogen functional groups attached to an aromatic ring is 1. The molecule has 0 fully saturated rings. The van der Waals surface area contributed by atoms with Crippen molar-refractivity contribution >= 4 is 132 Å². The van der Waals surface area contributed by atoms with Gasteiger partial charge in [-0.3, -0.25) is 38.4 Å². The van der Waals surface area contributed by atoms with Crippen LogP contribution in [0.2, 0.25) is 15.1 Å². The molecule has 5 heterocycles. The van der Waals surface area contributed by atoms with Crippen LogP contribution in [0.25, 0.3) is 10.8 Å². The van der Waals surface area contributed by atoms with Gasteiger partial charge in [-0.25, -0.2) is 0 Å². The lowest BCUT2D eigenvalue weighted by atomic mass is 9.93. The van der Waals surface area contributed by atoms with E-state index in [0.717, 1.165) is 61.1 Å². The first-order chi connectivity index (χ1) is 59.2. The number of para-hydroxylation sites is 3. The molecule has 6 N–H and O–H groups in total. The molecule has 0 saturated heterocycles. The van der Waals surface area contributed by atoms with Gasteiger partial charge in [0.25, 0.3) is 29.5 Å². The number of anilines is 7. The Kier molecular flexibility index (Phi) is 25.6. The molecular formula is C101H82Cl3N7O13. The van der Waals surface area contributed by atoms with Gasteiger partial charge in [0.2, 0.25) is 5.91 Å². The van der Waals surface area contributed by atoms with Crippen molar-refractivity contribution in [3.8, 4) is 57.5 Å². The molecule has 23 heteroatoms. The molecule has 5 aliphatic rings. The first-order valence-electron chi connectivity index (χ1n) is 39.0. The van der Waals surface area contributed by atoms with E-state index >= 15 is 0 Å². The maximum absolute atomic E-state index is 13.3. The van der Waals surface area contributed by atoms with Gasteiger partial charge in [0.05, 0.1) is 72.7 Å². The lowest BCUT2D eigenvalue weighted by Gasteiger charge is -2.16. The van der Waals surface area contributed by atoms with Crippen molar-refractivity contribution in [1.29, 1.82) is 0 Å². The molecule has 14 aromatic rings. The largest absolute Gasteiger partial charge is 0.454 e. The fourth-order valence-corrected chi connectivity index (χ4v) is 14.9. The summed E-state index contributed by atoms with van der Waals surface area (Å²) in [4.78, 5) is 104. The molecule has 124 heavy (non-hydrogen) atoms. The van der Waals surface area contributed by atoms with Crippen LogP contribution in [0.3, 0.4) is 0 Å². The highest BCUT2D eigenvalue weighted by Crippen LogP contribution is 2.44. The molecule has 5 aliphatic heterocycles. The Morgan fingerprint density at radius 2 is 0.815 bits per heavy atom. The zero-order chi connectivity index (χ0) is 86.4. The third-order valence-electron chi connectivity index (χ3n) is 20.6. The third kappa shape index (κ3) is 19.3. The van der Waals surface area contributed by atoms with E-state index in [1.54, 1.807) is 139 Å². The number of hydrogen-bond donors (Lipinski definition) is 5. The number of Topliss-reactive ketones (excluding diaryl/α,β-unsaturated/α-hetero) is 2. The number of halogens is 3. The highest BCUT2D eigenvalue weighted by molar-refractivity contribution is 6.42. The number of benzene rings is 14. The van der Waals surface area contributed by atoms with Gasteiger partial charge in [-0.2, -0.15) is 0 Å². The van der Waals surface area contributed by atoms with Crippen molar-refractivity contribution in [2.75, 3.05) is 50.9 Å². The maximum Gasteiger partial charge on any atom is 0.261 e. The Hall–Kier alpha value is -14.8. The number of fused-ring (bicyclic) bond motifs is 11. The number of ketones is 2. The van der Waals surface area contributed by atoms with Gasteiger partial charge in [-0.15, -0.1) is 0 Å². The Labute approximate surface area is 731 Å². The number of nitrogens with two attached hydrogens (primary N) is 1. The molecule has 0 atom stereocenters. The average Bonchev–Trinajstić information content (AvgIpc) is 1.56. The van der Waals surface area contributed by atoms with Crippen molar-refractivity contribution in [3.63, 3.8) is 0 Å². The minimum absolute atomic E-state index is 0. The molecule has 20 nitrogen and oxygen atoms in total. The number of hydrogen-bond acceptors (Lipinski definition) is 14. The van der Waals surface area contributed by atoms with Crippen LogP contribution in [0, 0.1) is 34.6 Å². The second-order valence-electron chi connectivity index (χ2n) is 29.8. The molecule has 0 saturated carbocycles. The van der Waals surface area contributed by atoms with Crippen LogP contribution in [-0.4, -0.2) is 61.1 Å². The van der Waals surface area contributed by atoms with Crippen molar-refractivity contribution in [3.05, 3.63) is 372 Å². The fourth-order valence-electron chi connectivity index (χ4n) is 14.4. The summed E-state index contributed by atoms with van der Waals surface area (Å²) in [6, 6.07) is 81.9. The second-order valence-corrected chi connectivity index (χ2v) is 31.1. The van der Waals surface area contributed by atoms with Crippen LogP contribution in [-0.2, 0) is 24.1 Å². The molecule has 6 amide bonds. The van der Waals surface area contributed by atoms with E-state index in [1.807, 2.05) is 192 Å². The minimum Gasteiger partial charge on any atom is -0.454 e. The summed E-state index contributed by atoms with van der Waals surface area (Å²) >= 11 is 17.8. The van der Waals surface area contributed by atoms with E-state index in [0.29, 0.717) is 146 Å². The summed E-state index contributed by atoms with van der Waals surface area (Å²) in [6.07, 6.45) is 0.463. The highest BCUT2D eigenvalue weighted by atomic mass is 35.5. The van der Waals surface area contributed by atoms with Crippen LogP contribution in [0.1, 0.15) is 124 Å². The standard InChI is InChI=1S/C27H21NO3.C22H15Cl2NO3.C22H17ClN2O3.C15H13NO2.C14H12N2O2.CH4/c1-16-7-11-25-22(13-16)28-27(30)21-14-18(9-12-24(21)31-25)15-23(29)26-17(2)8-10-19-5-3-4-6-20(19)26;1-12-2-6-21-18(8-12)25-22(27)15-9-13(3-7-20(15)28-21)10-19(26)14-4-5-16(23)17(24)11-14;1-13-5-7-20-18(9-13)25-22(27)17-10-14(6-8-19(17)28-20)11-21(26)24-16-4-2-3-15(23)12-16;1-10-7-8-14-12(9-10)16(2)15(17)11-5-3-4-6-13(11)18-14;1-16-11-4-2-3-5-13(11)18-12-7-6-9(15)8-10(12)14(16)17;/h3-14H,15H2,1-2H3,(H,28,30);2-9,11H,10H2,1H3,(H,25,27);2-10,12H,11H2,1H3,(H,24,26)(H,25,27);3-9H,1-2H3;2-8H,15H2,1H3;1H4. The number of carbonyl (C=O) groups excluding carboxylic acids is 8. The molecule has 19 rings (SSSR count). The van der Waals surface area contributed by atoms with Crippen LogP contribution in [0.5, 0.6) is 57.5 Å². The topological polar surface area (TPSA) is 263 Å². The second kappa shape index (κ2) is 37.0. The van der Waals surface area contributed by atoms with E-state index in [-0.39, 0.29) is 73.7 Å². The van der Waals surface area contributed by atoms with Crippen molar-refractivity contribution in [1.82, 2.24) is 0 Å². The summed E-state index contributed by atoms with van der Waals surface area (Å²) in [7, 11) is 3.49. The SMILES string of the molecule is C.CN1C(=O)c2cc(N)ccc2Oc2ccccc21.Cc1ccc2c(c1)N(C)C(=O)c1ccccc1O2.Cc1ccc2c(c1)NC(=O)c1cc(CC(=O)Nc3cccc(Cl)c3)ccc1O2.Cc1ccc2c(c1)NC(=O)c1cc(CC(=O)c3c(C)ccc4ccccc34)ccc1O2.Cc1ccc2c(c1)NC(=O)c1cc(CC(=O)c3ccc(Cl)c(Cl)c3)ccc1O2. The smallest absolute Gasteiger partial charge is 0.261 e. The molecule has 0 unspecified atom stereocenters. The Morgan fingerprint density at radius 3 is 1.38 bits per heavy atom. The van der Waals surface area contributed by atoms with Gasteiger partial charge < -0.3 is 60.5 Å². The summed E-state index contributed by atoms with van der Waals surface area (Å²) in [5, 5.41) is 14.7. The number of carbonyl (C=O) groups is 8. The van der Waals surface area contributed by atoms with E-state index < -0.39 is 0 Å². The number of nitrogens with zero attached hydrogens (tertiary/aromatic N) is 2. The van der Waals surface area contributed by atoms with Gasteiger partial charge >= 0.3 is 0 Å². The number of amides is 6. The molecule has 0 bridgehead atoms. The van der Waals surface area contributed by atoms with Crippen molar-refractivity contribution in [2.45, 2.75) is 61.3 Å². The quantitative estimate of drug-likeness (QED) is 0.0665. The van der Waals surface area contributed by atoms with Gasteiger partial charge in [-0.1, -0.05) is 151 Å². The van der Waals surface area contributed by atoms with Gasteiger partial charge in [-0.05, 0) is 254 Å². The molecule has 0 spiro atoms. The number of rotatable bonds is 9. The van der Waals surface area contributed by atoms with Gasteiger partial charge in [0, 0.05) is 54.5 Å². The third-order valence-corrected chi connectivity index (χ3v) is 21.6. The summed E-state index contributed by atoms with van der Waals surface area (Å²) < 4.78 is 29.4.